The van der Waals surface area contributed by atoms with E-state index >= 15 is 0 Å². The molecule has 0 bridgehead atoms. The zero-order valence-electron chi connectivity index (χ0n) is 13.4. The molecule has 1 fully saturated rings. The second-order valence-electron chi connectivity index (χ2n) is 6.00. The third kappa shape index (κ3) is 3.64. The van der Waals surface area contributed by atoms with Crippen LogP contribution in [0.15, 0.2) is 33.6 Å². The Balaban J connectivity index is 1.78. The van der Waals surface area contributed by atoms with E-state index < -0.39 is 15.7 Å². The molecular formula is C16H19N3O4S. The van der Waals surface area contributed by atoms with Crippen LogP contribution in [-0.4, -0.2) is 30.8 Å². The van der Waals surface area contributed by atoms with Crippen LogP contribution in [0.1, 0.15) is 54.3 Å². The van der Waals surface area contributed by atoms with Gasteiger partial charge in [0.15, 0.2) is 9.84 Å². The van der Waals surface area contributed by atoms with Crippen LogP contribution in [0, 0.1) is 0 Å². The van der Waals surface area contributed by atoms with Crippen molar-refractivity contribution in [3.05, 3.63) is 35.7 Å². The van der Waals surface area contributed by atoms with Crippen LogP contribution in [-0.2, 0) is 9.84 Å². The first-order valence-electron chi connectivity index (χ1n) is 7.89. The van der Waals surface area contributed by atoms with Crippen molar-refractivity contribution >= 4 is 21.8 Å². The lowest BCUT2D eigenvalue weighted by atomic mass is 9.89. The number of carbonyl (C=O) groups is 1. The number of aromatic nitrogens is 2. The van der Waals surface area contributed by atoms with Crippen molar-refractivity contribution in [2.24, 2.45) is 0 Å². The number of amides is 1. The van der Waals surface area contributed by atoms with Gasteiger partial charge in [0.1, 0.15) is 0 Å². The van der Waals surface area contributed by atoms with E-state index in [0.29, 0.717) is 5.89 Å². The molecule has 7 nitrogen and oxygen atoms in total. The summed E-state index contributed by atoms with van der Waals surface area (Å²) in [6, 6.07) is 6.01. The quantitative estimate of drug-likeness (QED) is 0.910. The zero-order chi connectivity index (χ0) is 17.2. The first-order valence-corrected chi connectivity index (χ1v) is 9.78. The van der Waals surface area contributed by atoms with Crippen molar-refractivity contribution in [3.8, 4) is 0 Å². The second kappa shape index (κ2) is 6.72. The number of carbonyl (C=O) groups excluding carboxylic acids is 1. The van der Waals surface area contributed by atoms with Crippen molar-refractivity contribution in [2.45, 2.75) is 42.9 Å². The third-order valence-corrected chi connectivity index (χ3v) is 5.30. The SMILES string of the molecule is CS(=O)(=O)c1ccccc1C(=O)Nc1nnc(C2CCCCC2)o1. The molecule has 0 spiro atoms. The van der Waals surface area contributed by atoms with Gasteiger partial charge in [-0.15, -0.1) is 5.10 Å². The predicted molar refractivity (Wildman–Crippen MR) is 87.6 cm³/mol. The molecule has 1 N–H and O–H groups in total. The molecule has 1 aromatic heterocycles. The van der Waals surface area contributed by atoms with Gasteiger partial charge in [-0.1, -0.05) is 36.5 Å². The average molecular weight is 349 g/mol. The van der Waals surface area contributed by atoms with Crippen molar-refractivity contribution in [3.63, 3.8) is 0 Å². The molecule has 1 aliphatic rings. The molecule has 128 valence electrons. The van der Waals surface area contributed by atoms with E-state index in [1.54, 1.807) is 12.1 Å². The molecule has 24 heavy (non-hydrogen) atoms. The predicted octanol–water partition coefficient (Wildman–Crippen LogP) is 2.77. The highest BCUT2D eigenvalue weighted by atomic mass is 32.2. The molecule has 1 saturated carbocycles. The Morgan fingerprint density at radius 1 is 1.17 bits per heavy atom. The zero-order valence-corrected chi connectivity index (χ0v) is 14.2. The molecule has 0 radical (unpaired) electrons. The summed E-state index contributed by atoms with van der Waals surface area (Å²) in [4.78, 5) is 12.3. The summed E-state index contributed by atoms with van der Waals surface area (Å²) in [5.41, 5.74) is 0.0532. The van der Waals surface area contributed by atoms with Crippen LogP contribution in [0.5, 0.6) is 0 Å². The van der Waals surface area contributed by atoms with Crippen LogP contribution in [0.25, 0.3) is 0 Å². The van der Waals surface area contributed by atoms with Crippen LogP contribution < -0.4 is 5.32 Å². The van der Waals surface area contributed by atoms with Gasteiger partial charge >= 0.3 is 6.01 Å². The van der Waals surface area contributed by atoms with Gasteiger partial charge in [0.25, 0.3) is 5.91 Å². The van der Waals surface area contributed by atoms with E-state index in [9.17, 15) is 13.2 Å². The highest BCUT2D eigenvalue weighted by Crippen LogP contribution is 2.32. The lowest BCUT2D eigenvalue weighted by Crippen LogP contribution is -2.16. The topological polar surface area (TPSA) is 102 Å². The Morgan fingerprint density at radius 3 is 2.58 bits per heavy atom. The normalized spacial score (nSPS) is 16.0. The van der Waals surface area contributed by atoms with Crippen molar-refractivity contribution in [2.75, 3.05) is 11.6 Å². The monoisotopic (exact) mass is 349 g/mol. The minimum Gasteiger partial charge on any atom is -0.408 e. The molecule has 1 aliphatic carbocycles. The summed E-state index contributed by atoms with van der Waals surface area (Å²) in [7, 11) is -3.51. The van der Waals surface area contributed by atoms with Gasteiger partial charge in [-0.2, -0.15) is 0 Å². The van der Waals surface area contributed by atoms with E-state index in [-0.39, 0.29) is 22.4 Å². The largest absolute Gasteiger partial charge is 0.408 e. The summed E-state index contributed by atoms with van der Waals surface area (Å²) in [5, 5.41) is 10.3. The van der Waals surface area contributed by atoms with Gasteiger partial charge < -0.3 is 4.42 Å². The highest BCUT2D eigenvalue weighted by Gasteiger charge is 2.23. The Labute approximate surface area is 140 Å². The fraction of sp³-hybridized carbons (Fsp3) is 0.438. The van der Waals surface area contributed by atoms with Gasteiger partial charge in [-0.25, -0.2) is 8.42 Å². The Bertz CT molecular complexity index is 839. The number of nitrogens with zero attached hydrogens (tertiary/aromatic N) is 2. The molecule has 3 rings (SSSR count). The average Bonchev–Trinajstić information content (AvgIpc) is 3.03. The van der Waals surface area contributed by atoms with Gasteiger partial charge in [-0.3, -0.25) is 10.1 Å². The number of benzene rings is 1. The molecule has 1 aromatic carbocycles. The van der Waals surface area contributed by atoms with E-state index in [1.807, 2.05) is 0 Å². The van der Waals surface area contributed by atoms with Crippen LogP contribution in [0.2, 0.25) is 0 Å². The summed E-state index contributed by atoms with van der Waals surface area (Å²) < 4.78 is 29.1. The van der Waals surface area contributed by atoms with E-state index in [0.717, 1.165) is 31.9 Å². The molecule has 1 heterocycles. The van der Waals surface area contributed by atoms with Crippen LogP contribution in [0.4, 0.5) is 6.01 Å². The van der Waals surface area contributed by atoms with Crippen LogP contribution in [0.3, 0.4) is 0 Å². The highest BCUT2D eigenvalue weighted by molar-refractivity contribution is 7.90. The molecular weight excluding hydrogens is 330 g/mol. The third-order valence-electron chi connectivity index (χ3n) is 4.15. The van der Waals surface area contributed by atoms with E-state index in [2.05, 4.69) is 15.5 Å². The molecule has 0 aliphatic heterocycles. The molecule has 1 amide bonds. The number of nitrogens with one attached hydrogen (secondary N) is 1. The maximum absolute atomic E-state index is 12.4. The van der Waals surface area contributed by atoms with E-state index in [4.69, 9.17) is 4.42 Å². The van der Waals surface area contributed by atoms with Gasteiger partial charge in [0.2, 0.25) is 5.89 Å². The summed E-state index contributed by atoms with van der Waals surface area (Å²) >= 11 is 0. The number of rotatable bonds is 4. The number of hydrogen-bond donors (Lipinski definition) is 1. The Morgan fingerprint density at radius 2 is 1.88 bits per heavy atom. The first-order chi connectivity index (χ1) is 11.4. The van der Waals surface area contributed by atoms with Crippen molar-refractivity contribution < 1.29 is 17.6 Å². The fourth-order valence-corrected chi connectivity index (χ4v) is 3.83. The molecule has 0 unspecified atom stereocenters. The first kappa shape index (κ1) is 16.6. The minimum atomic E-state index is -3.51. The minimum absolute atomic E-state index is 0.0103. The van der Waals surface area contributed by atoms with Gasteiger partial charge in [-0.05, 0) is 25.0 Å². The standard InChI is InChI=1S/C16H19N3O4S/c1-24(21,22)13-10-6-5-9-12(13)14(20)17-16-19-18-15(23-16)11-7-3-2-4-8-11/h5-6,9-11H,2-4,7-8H2,1H3,(H,17,19,20). The van der Waals surface area contributed by atoms with Gasteiger partial charge in [0, 0.05) is 12.2 Å². The van der Waals surface area contributed by atoms with Crippen LogP contribution >= 0.6 is 0 Å². The lowest BCUT2D eigenvalue weighted by molar-refractivity contribution is 0.102. The Hall–Kier alpha value is -2.22. The molecule has 2 aromatic rings. The molecule has 8 heteroatoms. The number of anilines is 1. The number of hydrogen-bond acceptors (Lipinski definition) is 6. The number of sulfone groups is 1. The molecule has 0 saturated heterocycles. The van der Waals surface area contributed by atoms with Crippen molar-refractivity contribution in [1.82, 2.24) is 10.2 Å². The van der Waals surface area contributed by atoms with E-state index in [1.165, 1.54) is 18.6 Å². The maximum Gasteiger partial charge on any atom is 0.322 e. The summed E-state index contributed by atoms with van der Waals surface area (Å²) in [6.45, 7) is 0. The summed E-state index contributed by atoms with van der Waals surface area (Å²) in [6.07, 6.45) is 6.56. The maximum atomic E-state index is 12.4. The Kier molecular flexibility index (Phi) is 4.66. The van der Waals surface area contributed by atoms with Gasteiger partial charge in [0.05, 0.1) is 10.5 Å². The second-order valence-corrected chi connectivity index (χ2v) is 7.99. The fourth-order valence-electron chi connectivity index (χ4n) is 2.94. The smallest absolute Gasteiger partial charge is 0.322 e. The van der Waals surface area contributed by atoms with Crippen molar-refractivity contribution in [1.29, 1.82) is 0 Å². The molecule has 0 atom stereocenters. The summed E-state index contributed by atoms with van der Waals surface area (Å²) in [5.74, 6) is 0.177. The lowest BCUT2D eigenvalue weighted by Gasteiger charge is -2.17.